The lowest BCUT2D eigenvalue weighted by Gasteiger charge is -2.73. The minimum Gasteiger partial charge on any atom is -0.481 e. The molecule has 8 aliphatic rings. The number of aliphatic hydroxyl groups excluding tert-OH is 9. The molecule has 0 amide bonds. The van der Waals surface area contributed by atoms with E-state index >= 15 is 0 Å². The number of aliphatic hydroxyl groups is 9. The summed E-state index contributed by atoms with van der Waals surface area (Å²) in [6.45, 7) is 13.3. The Morgan fingerprint density at radius 1 is 0.692 bits per heavy atom. The van der Waals surface area contributed by atoms with E-state index in [4.69, 9.17) is 28.4 Å². The van der Waals surface area contributed by atoms with Crippen molar-refractivity contribution in [2.24, 2.45) is 56.2 Å². The number of hydrogen-bond donors (Lipinski definition) is 10. The van der Waals surface area contributed by atoms with Gasteiger partial charge in [-0.25, -0.2) is 0 Å². The molecule has 5 aliphatic carbocycles. The predicted octanol–water partition coefficient (Wildman–Crippen LogP) is 0.604. The van der Waals surface area contributed by atoms with E-state index in [-0.39, 0.29) is 53.5 Å². The number of carbonyl (C=O) groups is 2. The molecule has 24 atom stereocenters. The normalized spacial score (nSPS) is 55.6. The summed E-state index contributed by atoms with van der Waals surface area (Å²) >= 11 is 0. The van der Waals surface area contributed by atoms with Gasteiger partial charge >= 0.3 is 5.97 Å². The van der Waals surface area contributed by atoms with E-state index in [0.29, 0.717) is 51.4 Å². The molecule has 5 saturated carbocycles. The largest absolute Gasteiger partial charge is 0.481 e. The van der Waals surface area contributed by atoms with Crippen LogP contribution in [0.3, 0.4) is 0 Å². The van der Waals surface area contributed by atoms with Gasteiger partial charge in [0.05, 0.1) is 37.4 Å². The highest BCUT2D eigenvalue weighted by atomic mass is 16.8. The topological polar surface area (TPSA) is 292 Å². The predicted molar refractivity (Wildman–Crippen MR) is 225 cm³/mol. The first-order valence-corrected chi connectivity index (χ1v) is 24.0. The lowest BCUT2D eigenvalue weighted by Crippen LogP contribution is -2.70. The fourth-order valence-corrected chi connectivity index (χ4v) is 15.2. The van der Waals surface area contributed by atoms with Gasteiger partial charge in [0.2, 0.25) is 0 Å². The smallest absolute Gasteiger partial charge is 0.309 e. The number of ether oxygens (including phenoxy) is 6. The Labute approximate surface area is 380 Å². The van der Waals surface area contributed by atoms with Gasteiger partial charge in [0.1, 0.15) is 66.8 Å². The van der Waals surface area contributed by atoms with Crippen LogP contribution in [0.25, 0.3) is 0 Å². The fraction of sp³-hybridized carbons (Fsp3) is 0.957. The second kappa shape index (κ2) is 17.4. The first kappa shape index (κ1) is 49.9. The van der Waals surface area contributed by atoms with Crippen molar-refractivity contribution in [3.05, 3.63) is 0 Å². The summed E-state index contributed by atoms with van der Waals surface area (Å²) in [5, 5.41) is 107. The zero-order valence-corrected chi connectivity index (χ0v) is 38.9. The number of ketones is 1. The number of hydrogen-bond acceptors (Lipinski definition) is 17. The van der Waals surface area contributed by atoms with Gasteiger partial charge in [0.15, 0.2) is 18.9 Å². The number of Topliss-reactive ketones (excluding diaryl/α,β-unsaturated/α-hetero) is 1. The molecule has 0 bridgehead atoms. The van der Waals surface area contributed by atoms with E-state index in [1.165, 1.54) is 6.92 Å². The van der Waals surface area contributed by atoms with Crippen LogP contribution in [0.15, 0.2) is 0 Å². The van der Waals surface area contributed by atoms with Crippen LogP contribution in [0.1, 0.15) is 113 Å². The van der Waals surface area contributed by atoms with Gasteiger partial charge < -0.3 is 79.5 Å². The molecule has 0 aromatic rings. The average Bonchev–Trinajstić information content (AvgIpc) is 3.25. The summed E-state index contributed by atoms with van der Waals surface area (Å²) in [5.74, 6) is -1.43. The number of carboxylic acid groups (broad SMARTS) is 1. The third-order valence-electron chi connectivity index (χ3n) is 19.5. The molecule has 3 aliphatic heterocycles. The average molecular weight is 929 g/mol. The molecule has 8 fully saturated rings. The third-order valence-corrected chi connectivity index (χ3v) is 19.5. The molecule has 0 aromatic carbocycles. The van der Waals surface area contributed by atoms with Crippen molar-refractivity contribution in [3.63, 3.8) is 0 Å². The Hall–Kier alpha value is -1.46. The van der Waals surface area contributed by atoms with E-state index < -0.39 is 126 Å². The summed E-state index contributed by atoms with van der Waals surface area (Å²) in [6.07, 6.45) is -16.2. The first-order valence-electron chi connectivity index (χ1n) is 24.0. The van der Waals surface area contributed by atoms with E-state index in [2.05, 4.69) is 34.6 Å². The van der Waals surface area contributed by atoms with Gasteiger partial charge in [0, 0.05) is 17.8 Å². The number of carbonyl (C=O) groups excluding carboxylic acids is 1. The van der Waals surface area contributed by atoms with Crippen LogP contribution in [0, 0.1) is 56.2 Å². The highest BCUT2D eigenvalue weighted by Crippen LogP contribution is 2.76. The van der Waals surface area contributed by atoms with Crippen molar-refractivity contribution in [1.29, 1.82) is 0 Å². The summed E-state index contributed by atoms with van der Waals surface area (Å²) < 4.78 is 36.4. The highest BCUT2D eigenvalue weighted by molar-refractivity contribution is 5.86. The van der Waals surface area contributed by atoms with Crippen molar-refractivity contribution < 1.29 is 89.1 Å². The van der Waals surface area contributed by atoms with Crippen LogP contribution in [-0.2, 0) is 38.0 Å². The fourth-order valence-electron chi connectivity index (χ4n) is 15.2. The molecule has 0 spiro atoms. The summed E-state index contributed by atoms with van der Waals surface area (Å²) in [6, 6.07) is 0. The lowest BCUT2D eigenvalue weighted by molar-refractivity contribution is -0.381. The minimum absolute atomic E-state index is 0.0545. The van der Waals surface area contributed by atoms with E-state index in [9.17, 15) is 60.7 Å². The van der Waals surface area contributed by atoms with Crippen molar-refractivity contribution in [2.45, 2.75) is 205 Å². The zero-order chi connectivity index (χ0) is 47.6. The molecule has 0 unspecified atom stereocenters. The second-order valence-corrected chi connectivity index (χ2v) is 23.2. The van der Waals surface area contributed by atoms with Crippen LogP contribution < -0.4 is 0 Å². The number of fused-ring (bicyclic) bond motifs is 7. The number of aliphatic carboxylic acids is 1. The standard InChI is InChI=1S/C47H76O18/c1-21-30(51)33(54)35(56)38(61-21)65-37-32(53)25(63-39-36(57)34(55)31(52)24(18-48)62-39)19-60-40(37)64-28-9-10-43(4)26(44(28,5)20-49)8-11-45(6)27(43)16-23(50)29-22-17-42(2,3)12-14-47(22,41(58)59)15-13-46(29,45)7/h21-22,24-40,48-49,51-57H,8-20H2,1-7H3,(H,58,59)/t21-,22-,24+,25-,26+,27+,28-,29-,30-,31+,32-,33+,34-,35+,36+,37+,38-,39-,40-,43-,44-,45+,46+,47-/m0/s1. The maximum absolute atomic E-state index is 14.9. The lowest BCUT2D eigenvalue weighted by atomic mass is 9.31. The van der Waals surface area contributed by atoms with Crippen LogP contribution in [0.5, 0.6) is 0 Å². The maximum atomic E-state index is 14.9. The SMILES string of the molecule is C[C@@H]1O[C@@H](O[C@H]2[C@H](O[C@H]3CC[C@@]4(C)[C@@H](CC[C@]5(C)[C@@H]4CC(=O)[C@@H]4[C@@H]6CC(C)(C)CC[C@]6(C(=O)O)CC[C@]45C)[C@]3(C)CO)OC[C@H](O[C@@H]3O[C@H](CO)[C@@H](O)[C@H](O)[C@H]3O)[C@@H]2O)[C@H](O)[C@H](O)[C@H]1O. The van der Waals surface area contributed by atoms with Gasteiger partial charge in [-0.3, -0.25) is 9.59 Å². The molecular formula is C47H76O18. The van der Waals surface area contributed by atoms with Gasteiger partial charge in [-0.05, 0) is 104 Å². The van der Waals surface area contributed by atoms with Gasteiger partial charge in [-0.15, -0.1) is 0 Å². The molecule has 18 nitrogen and oxygen atoms in total. The second-order valence-electron chi connectivity index (χ2n) is 23.2. The quantitative estimate of drug-likeness (QED) is 0.142. The maximum Gasteiger partial charge on any atom is 0.309 e. The van der Waals surface area contributed by atoms with Crippen molar-refractivity contribution in [1.82, 2.24) is 0 Å². The molecular weight excluding hydrogens is 852 g/mol. The molecule has 10 N–H and O–H groups in total. The summed E-state index contributed by atoms with van der Waals surface area (Å²) in [7, 11) is 0. The highest BCUT2D eigenvalue weighted by Gasteiger charge is 2.73. The van der Waals surface area contributed by atoms with Gasteiger partial charge in [-0.1, -0.05) is 41.5 Å². The molecule has 18 heteroatoms. The first-order chi connectivity index (χ1) is 30.3. The third kappa shape index (κ3) is 7.70. The molecule has 3 heterocycles. The Bertz CT molecular complexity index is 1770. The Morgan fingerprint density at radius 3 is 1.98 bits per heavy atom. The van der Waals surface area contributed by atoms with Crippen LogP contribution in [0.4, 0.5) is 0 Å². The number of rotatable bonds is 9. The summed E-state index contributed by atoms with van der Waals surface area (Å²) in [4.78, 5) is 28.1. The van der Waals surface area contributed by atoms with E-state index in [1.807, 2.05) is 6.92 Å². The van der Waals surface area contributed by atoms with E-state index in [1.54, 1.807) is 0 Å². The Kier molecular flexibility index (Phi) is 13.4. The molecule has 65 heavy (non-hydrogen) atoms. The minimum atomic E-state index is -1.79. The van der Waals surface area contributed by atoms with Gasteiger partial charge in [-0.2, -0.15) is 0 Å². The molecule has 3 saturated heterocycles. The van der Waals surface area contributed by atoms with Crippen molar-refractivity contribution >= 4 is 11.8 Å². The van der Waals surface area contributed by atoms with Crippen molar-refractivity contribution in [3.8, 4) is 0 Å². The Balaban J connectivity index is 1.05. The van der Waals surface area contributed by atoms with Crippen LogP contribution in [0.2, 0.25) is 0 Å². The van der Waals surface area contributed by atoms with Crippen molar-refractivity contribution in [2.75, 3.05) is 19.8 Å². The Morgan fingerprint density at radius 2 is 1.34 bits per heavy atom. The number of carboxylic acids is 1. The van der Waals surface area contributed by atoms with Gasteiger partial charge in [0.25, 0.3) is 0 Å². The van der Waals surface area contributed by atoms with Crippen LogP contribution in [-0.4, -0.2) is 175 Å². The zero-order valence-electron chi connectivity index (χ0n) is 38.9. The molecule has 8 rings (SSSR count). The summed E-state index contributed by atoms with van der Waals surface area (Å²) in [5.41, 5.74) is -3.05. The monoisotopic (exact) mass is 929 g/mol. The van der Waals surface area contributed by atoms with E-state index in [0.717, 1.165) is 12.8 Å². The van der Waals surface area contributed by atoms with Crippen LogP contribution >= 0.6 is 0 Å². The molecule has 0 radical (unpaired) electrons. The molecule has 372 valence electrons. The molecule has 0 aromatic heterocycles.